The molecule has 37 heavy (non-hydrogen) atoms. The van der Waals surface area contributed by atoms with E-state index in [2.05, 4.69) is 5.10 Å². The van der Waals surface area contributed by atoms with E-state index in [9.17, 15) is 27.2 Å². The van der Waals surface area contributed by atoms with Crippen LogP contribution in [0.5, 0.6) is 0 Å². The summed E-state index contributed by atoms with van der Waals surface area (Å²) in [7, 11) is 1.93. The van der Waals surface area contributed by atoms with E-state index < -0.39 is 40.8 Å². The lowest BCUT2D eigenvalue weighted by Gasteiger charge is -2.54. The third-order valence-electron chi connectivity index (χ3n) is 8.39. The van der Waals surface area contributed by atoms with E-state index in [0.717, 1.165) is 31.1 Å². The smallest absolute Gasteiger partial charge is 0.406 e. The lowest BCUT2D eigenvalue weighted by molar-refractivity contribution is -0.266. The quantitative estimate of drug-likeness (QED) is 0.317. The molecule has 4 atom stereocenters. The second kappa shape index (κ2) is 8.56. The Morgan fingerprint density at radius 2 is 1.84 bits per heavy atom. The number of aromatic nitrogens is 2. The molecule has 1 aromatic carbocycles. The molecule has 0 radical (unpaired) electrons. The number of allylic oxidation sites excluding steroid dienone is 3. The monoisotopic (exact) mass is 518 g/mol. The van der Waals surface area contributed by atoms with Crippen molar-refractivity contribution in [3.8, 4) is 5.69 Å². The van der Waals surface area contributed by atoms with Gasteiger partial charge in [-0.05, 0) is 61.6 Å². The van der Waals surface area contributed by atoms with E-state index >= 15 is 0 Å². The summed E-state index contributed by atoms with van der Waals surface area (Å²) in [4.78, 5) is 25.6. The van der Waals surface area contributed by atoms with E-state index in [0.29, 0.717) is 17.7 Å². The maximum atomic E-state index is 15.0. The number of nitrogens with zero attached hydrogens (tertiary/aromatic N) is 2. The van der Waals surface area contributed by atoms with Crippen molar-refractivity contribution in [1.82, 2.24) is 9.78 Å². The molecule has 1 heterocycles. The Balaban J connectivity index is 1.63. The number of rotatable bonds is 3. The summed E-state index contributed by atoms with van der Waals surface area (Å²) in [5, 5.41) is 4.46. The summed E-state index contributed by atoms with van der Waals surface area (Å²) in [6, 6.07) is 5.89. The average Bonchev–Trinajstić information content (AvgIpc) is 3.27. The fraction of sp³-hybridized carbons (Fsp3) is 0.444. The number of esters is 2. The molecule has 2 aromatic rings. The summed E-state index contributed by atoms with van der Waals surface area (Å²) in [5.41, 5.74) is -0.183. The number of alkyl halides is 3. The molecule has 5 rings (SSSR count). The van der Waals surface area contributed by atoms with Gasteiger partial charge in [0.2, 0.25) is 0 Å². The van der Waals surface area contributed by atoms with Gasteiger partial charge in [-0.15, -0.1) is 0 Å². The van der Waals surface area contributed by atoms with Crippen molar-refractivity contribution in [2.45, 2.75) is 38.8 Å². The van der Waals surface area contributed by atoms with Gasteiger partial charge in [0.25, 0.3) is 0 Å². The van der Waals surface area contributed by atoms with Crippen molar-refractivity contribution in [1.29, 1.82) is 0 Å². The number of halogens is 4. The summed E-state index contributed by atoms with van der Waals surface area (Å²) in [5.74, 6) is -5.96. The van der Waals surface area contributed by atoms with Gasteiger partial charge in [0.15, 0.2) is 5.41 Å². The van der Waals surface area contributed by atoms with E-state index in [1.54, 1.807) is 29.1 Å². The molecule has 3 aliphatic carbocycles. The van der Waals surface area contributed by atoms with Crippen LogP contribution in [0.4, 0.5) is 17.6 Å². The molecular weight excluding hydrogens is 492 g/mol. The van der Waals surface area contributed by atoms with Crippen LogP contribution in [0.3, 0.4) is 0 Å². The van der Waals surface area contributed by atoms with Crippen molar-refractivity contribution in [2.24, 2.45) is 22.7 Å². The minimum absolute atomic E-state index is 0.00931. The normalized spacial score (nSPS) is 28.7. The molecule has 0 unspecified atom stereocenters. The minimum Gasteiger partial charge on any atom is -0.469 e. The summed E-state index contributed by atoms with van der Waals surface area (Å²) in [6.07, 6.45) is 0.610. The number of carbonyl (C=O) groups excluding carboxylic acids is 2. The number of methoxy groups -OCH3 is 2. The highest BCUT2D eigenvalue weighted by Crippen LogP contribution is 2.65. The van der Waals surface area contributed by atoms with Crippen LogP contribution in [-0.2, 0) is 25.5 Å². The first-order valence-electron chi connectivity index (χ1n) is 12.0. The first kappa shape index (κ1) is 25.2. The van der Waals surface area contributed by atoms with Gasteiger partial charge >= 0.3 is 18.1 Å². The Kier molecular flexibility index (Phi) is 5.84. The SMILES string of the molecule is COC(=O)[C@H]1CC=C2[C@@H](CCC3=Cc4c(cnn4-c4ccc(F)cc4)C[C@@]32C)[C@]1(C(=O)OC)C(F)(F)F. The maximum Gasteiger partial charge on any atom is 0.406 e. The van der Waals surface area contributed by atoms with E-state index in [4.69, 9.17) is 9.47 Å². The number of fused-ring (bicyclic) bond motifs is 4. The lowest BCUT2D eigenvalue weighted by Crippen LogP contribution is -2.62. The zero-order chi connectivity index (χ0) is 26.8. The lowest BCUT2D eigenvalue weighted by atomic mass is 9.48. The molecule has 6 nitrogen and oxygen atoms in total. The Bertz CT molecular complexity index is 1330. The Morgan fingerprint density at radius 1 is 1.14 bits per heavy atom. The molecular formula is C27H26F4N2O4. The van der Waals surface area contributed by atoms with Crippen LogP contribution in [0.1, 0.15) is 37.4 Å². The van der Waals surface area contributed by atoms with Gasteiger partial charge in [-0.3, -0.25) is 9.59 Å². The fourth-order valence-corrected chi connectivity index (χ4v) is 6.67. The molecule has 1 saturated carbocycles. The van der Waals surface area contributed by atoms with Gasteiger partial charge in [0.05, 0.1) is 37.7 Å². The van der Waals surface area contributed by atoms with Crippen LogP contribution in [0.25, 0.3) is 11.8 Å². The number of carbonyl (C=O) groups is 2. The van der Waals surface area contributed by atoms with Crippen molar-refractivity contribution in [2.75, 3.05) is 14.2 Å². The Hall–Kier alpha value is -3.43. The highest BCUT2D eigenvalue weighted by atomic mass is 19.4. The highest BCUT2D eigenvalue weighted by molar-refractivity contribution is 5.88. The summed E-state index contributed by atoms with van der Waals surface area (Å²) in [6.45, 7) is 1.88. The predicted octanol–water partition coefficient (Wildman–Crippen LogP) is 5.21. The zero-order valence-electron chi connectivity index (χ0n) is 20.6. The minimum atomic E-state index is -5.05. The van der Waals surface area contributed by atoms with Crippen LogP contribution in [0.2, 0.25) is 0 Å². The van der Waals surface area contributed by atoms with Crippen LogP contribution in [0.15, 0.2) is 47.7 Å². The van der Waals surface area contributed by atoms with Crippen LogP contribution < -0.4 is 0 Å². The van der Waals surface area contributed by atoms with Crippen LogP contribution in [-0.4, -0.2) is 42.1 Å². The molecule has 196 valence electrons. The highest BCUT2D eigenvalue weighted by Gasteiger charge is 2.74. The number of hydrogen-bond donors (Lipinski definition) is 0. The molecule has 0 saturated heterocycles. The van der Waals surface area contributed by atoms with E-state index in [-0.39, 0.29) is 25.1 Å². The summed E-state index contributed by atoms with van der Waals surface area (Å²) < 4.78 is 69.5. The molecule has 3 aliphatic rings. The van der Waals surface area contributed by atoms with E-state index in [1.165, 1.54) is 12.1 Å². The Morgan fingerprint density at radius 3 is 2.46 bits per heavy atom. The topological polar surface area (TPSA) is 70.4 Å². The van der Waals surface area contributed by atoms with E-state index in [1.807, 2.05) is 13.0 Å². The first-order valence-corrected chi connectivity index (χ1v) is 12.0. The third kappa shape index (κ3) is 3.48. The molecule has 0 amide bonds. The molecule has 0 aliphatic heterocycles. The van der Waals surface area contributed by atoms with Crippen LogP contribution >= 0.6 is 0 Å². The zero-order valence-corrected chi connectivity index (χ0v) is 20.6. The maximum absolute atomic E-state index is 15.0. The van der Waals surface area contributed by atoms with Crippen LogP contribution in [0, 0.1) is 28.5 Å². The van der Waals surface area contributed by atoms with Crippen molar-refractivity contribution in [3.63, 3.8) is 0 Å². The number of ether oxygens (including phenoxy) is 2. The third-order valence-corrected chi connectivity index (χ3v) is 8.39. The van der Waals surface area contributed by atoms with Crippen molar-refractivity contribution >= 4 is 18.0 Å². The molecule has 0 N–H and O–H groups in total. The van der Waals surface area contributed by atoms with Crippen molar-refractivity contribution < 1.29 is 36.6 Å². The molecule has 1 fully saturated rings. The second-order valence-corrected chi connectivity index (χ2v) is 10.0. The summed E-state index contributed by atoms with van der Waals surface area (Å²) >= 11 is 0. The number of hydrogen-bond acceptors (Lipinski definition) is 5. The largest absolute Gasteiger partial charge is 0.469 e. The second-order valence-electron chi connectivity index (χ2n) is 10.0. The van der Waals surface area contributed by atoms with Gasteiger partial charge < -0.3 is 9.47 Å². The van der Waals surface area contributed by atoms with Gasteiger partial charge in [-0.1, -0.05) is 24.1 Å². The average molecular weight is 519 g/mol. The van der Waals surface area contributed by atoms with Gasteiger partial charge in [0, 0.05) is 11.3 Å². The molecule has 10 heteroatoms. The standard InChI is InChI=1S/C27H26F4N2O4/c1-25-13-15-14-32-33(18-7-5-17(28)6-8-18)22(15)12-16(25)4-9-20-19(25)10-11-21(23(34)36-2)26(20,24(35)37-3)27(29,30)31/h5-8,10,12,14,20-21H,4,9,11,13H2,1-3H3/t20-,21-,25+,26+/m1/s1. The first-order chi connectivity index (χ1) is 17.5. The van der Waals surface area contributed by atoms with Gasteiger partial charge in [0.1, 0.15) is 5.82 Å². The predicted molar refractivity (Wildman–Crippen MR) is 125 cm³/mol. The molecule has 0 spiro atoms. The number of benzene rings is 1. The van der Waals surface area contributed by atoms with Gasteiger partial charge in [-0.2, -0.15) is 18.3 Å². The fourth-order valence-electron chi connectivity index (χ4n) is 6.67. The Labute approximate surface area is 210 Å². The van der Waals surface area contributed by atoms with Crippen molar-refractivity contribution in [3.05, 3.63) is 64.8 Å². The van der Waals surface area contributed by atoms with Gasteiger partial charge in [-0.25, -0.2) is 9.07 Å². The molecule has 1 aromatic heterocycles. The molecule has 0 bridgehead atoms.